The minimum Gasteiger partial charge on any atom is -0.497 e. The number of hydrogen-bond donors (Lipinski definition) is 5. The van der Waals surface area contributed by atoms with E-state index in [-0.39, 0.29) is 43.8 Å². The molecule has 3 aliphatic rings. The number of aliphatic hydroxyl groups is 3. The van der Waals surface area contributed by atoms with Crippen molar-refractivity contribution in [3.05, 3.63) is 138 Å². The maximum absolute atomic E-state index is 13.6. The summed E-state index contributed by atoms with van der Waals surface area (Å²) in [6, 6.07) is 30.2. The smallest absolute Gasteiger partial charge is 0.261 e. The van der Waals surface area contributed by atoms with E-state index >= 15 is 0 Å². The number of aliphatic hydroxyl groups excluding tert-OH is 3. The summed E-state index contributed by atoms with van der Waals surface area (Å²) in [4.78, 5) is 55.1. The van der Waals surface area contributed by atoms with Gasteiger partial charge in [-0.2, -0.15) is 0 Å². The summed E-state index contributed by atoms with van der Waals surface area (Å²) in [5.41, 5.74) is 1.24. The van der Waals surface area contributed by atoms with Gasteiger partial charge in [-0.25, -0.2) is 0 Å². The summed E-state index contributed by atoms with van der Waals surface area (Å²) >= 11 is 0. The van der Waals surface area contributed by atoms with E-state index in [9.17, 15) is 34.5 Å². The van der Waals surface area contributed by atoms with Crippen LogP contribution in [-0.2, 0) is 30.1 Å². The second-order valence-corrected chi connectivity index (χ2v) is 21.4. The number of hydrogen-bond acceptors (Lipinski definition) is 11. The van der Waals surface area contributed by atoms with Crippen LogP contribution in [0.15, 0.2) is 121 Å². The van der Waals surface area contributed by atoms with Crippen LogP contribution >= 0.6 is 0 Å². The second kappa shape index (κ2) is 19.5. The third-order valence-corrected chi connectivity index (χ3v) is 17.2. The first-order valence-electron chi connectivity index (χ1n) is 21.1. The predicted molar refractivity (Wildman–Crippen MR) is 236 cm³/mol. The Morgan fingerprint density at radius 1 is 0.778 bits per heavy atom. The lowest BCUT2D eigenvalue weighted by atomic mass is 9.88. The Morgan fingerprint density at radius 2 is 1.33 bits per heavy atom. The maximum Gasteiger partial charge on any atom is 0.261 e. The zero-order valence-electron chi connectivity index (χ0n) is 35.8. The zero-order valence-corrected chi connectivity index (χ0v) is 36.8. The zero-order chi connectivity index (χ0) is 44.9. The lowest BCUT2D eigenvalue weighted by Gasteiger charge is -2.49. The molecule has 4 amide bonds. The fraction of sp³-hybridized carbons (Fsp3) is 0.375. The highest BCUT2D eigenvalue weighted by Crippen LogP contribution is 2.40. The molecule has 2 unspecified atom stereocenters. The topological polar surface area (TPSA) is 193 Å². The lowest BCUT2D eigenvalue weighted by Crippen LogP contribution is -2.71. The van der Waals surface area contributed by atoms with E-state index in [0.717, 1.165) is 33.0 Å². The molecular formula is C48H55N3O11Si. The van der Waals surface area contributed by atoms with Gasteiger partial charge in [0.05, 0.1) is 74.5 Å². The molecule has 0 bridgehead atoms. The summed E-state index contributed by atoms with van der Waals surface area (Å²) in [7, 11) is -1.68. The Labute approximate surface area is 368 Å². The van der Waals surface area contributed by atoms with E-state index in [4.69, 9.17) is 18.6 Å². The van der Waals surface area contributed by atoms with E-state index in [1.807, 2.05) is 72.8 Å². The molecule has 0 aromatic heterocycles. The maximum atomic E-state index is 13.6. The molecular weight excluding hydrogens is 823 g/mol. The van der Waals surface area contributed by atoms with Crippen LogP contribution in [0.3, 0.4) is 0 Å². The highest BCUT2D eigenvalue weighted by Gasteiger charge is 2.55. The molecule has 15 heteroatoms. The van der Waals surface area contributed by atoms with Crippen LogP contribution in [0.25, 0.3) is 0 Å². The fourth-order valence-corrected chi connectivity index (χ4v) is 13.6. The van der Waals surface area contributed by atoms with Gasteiger partial charge >= 0.3 is 0 Å². The predicted octanol–water partition coefficient (Wildman–Crippen LogP) is 2.62. The molecule has 0 spiro atoms. The standard InChI is InChI=1S/C48H55N3O11Si/c1-48(2,3)63(32-13-7-5-8-14-32,33-15-9-6-10-16-33)62-45-36(23-24-38(52)44(45)56)49-40(53)25-26-41(54)50-42-39(29-60-27-30-19-21-31(59-4)22-20-30)61-28-37(43(42)55)51-46(57)34-17-11-12-18-35(34)47(51)58/h5-22,25-26,36-39,42-45,52,55-56H,23-24,27-29H2,1-4H3,(H,49,53)(H,50,54)/b26-25+/t36-,37?,38-,39?,42+,43-,44+,45+/m1/s1. The van der Waals surface area contributed by atoms with Crippen LogP contribution < -0.4 is 25.7 Å². The van der Waals surface area contributed by atoms with Gasteiger partial charge in [0.1, 0.15) is 18.0 Å². The largest absolute Gasteiger partial charge is 0.497 e. The van der Waals surface area contributed by atoms with Gasteiger partial charge in [0.25, 0.3) is 20.1 Å². The molecule has 0 radical (unpaired) electrons. The number of fused-ring (bicyclic) bond motifs is 1. The van der Waals surface area contributed by atoms with E-state index < -0.39 is 85.6 Å². The van der Waals surface area contributed by atoms with Gasteiger partial charge in [-0.1, -0.05) is 106 Å². The fourth-order valence-electron chi connectivity index (χ4n) is 8.90. The first-order chi connectivity index (χ1) is 30.2. The molecule has 7 rings (SSSR count). The number of imide groups is 1. The number of methoxy groups -OCH3 is 1. The molecule has 4 aromatic rings. The SMILES string of the molecule is COc1ccc(COCC2OCC(N3C(=O)c4ccccc4C3=O)[C@@H](O)[C@H]2NC(=O)/C=C/C(=O)N[C@@H]2CC[C@@H](O)[C@H](O)[C@H]2O[Si](c2ccccc2)(c2ccccc2)C(C)(C)C)cc1. The van der Waals surface area contributed by atoms with Crippen molar-refractivity contribution in [2.24, 2.45) is 0 Å². The van der Waals surface area contributed by atoms with Gasteiger partial charge in [0.2, 0.25) is 11.8 Å². The Bertz CT molecular complexity index is 2200. The third-order valence-electron chi connectivity index (χ3n) is 12.2. The number of carbonyl (C=O) groups is 4. The van der Waals surface area contributed by atoms with Crippen LogP contribution in [0.5, 0.6) is 5.75 Å². The van der Waals surface area contributed by atoms with Gasteiger partial charge < -0.3 is 44.6 Å². The molecule has 63 heavy (non-hydrogen) atoms. The number of rotatable bonds is 14. The first-order valence-corrected chi connectivity index (χ1v) is 23.1. The molecule has 2 fully saturated rings. The van der Waals surface area contributed by atoms with Crippen molar-refractivity contribution in [1.29, 1.82) is 0 Å². The second-order valence-electron chi connectivity index (χ2n) is 17.2. The van der Waals surface area contributed by atoms with E-state index in [2.05, 4.69) is 31.4 Å². The van der Waals surface area contributed by atoms with Gasteiger partial charge in [-0.3, -0.25) is 24.1 Å². The van der Waals surface area contributed by atoms with E-state index in [0.29, 0.717) is 5.75 Å². The molecule has 2 heterocycles. The lowest BCUT2D eigenvalue weighted by molar-refractivity contribution is -0.140. The van der Waals surface area contributed by atoms with E-state index in [1.165, 1.54) is 12.1 Å². The number of nitrogens with zero attached hydrogens (tertiary/aromatic N) is 1. The molecule has 1 aliphatic carbocycles. The first kappa shape index (κ1) is 45.5. The van der Waals surface area contributed by atoms with Gasteiger partial charge in [0.15, 0.2) is 0 Å². The van der Waals surface area contributed by atoms with Crippen molar-refractivity contribution in [1.82, 2.24) is 15.5 Å². The normalized spacial score (nSPS) is 25.2. The number of benzene rings is 4. The van der Waals surface area contributed by atoms with Crippen LogP contribution in [0.2, 0.25) is 5.04 Å². The van der Waals surface area contributed by atoms with E-state index in [1.54, 1.807) is 31.4 Å². The molecule has 2 aliphatic heterocycles. The Morgan fingerprint density at radius 3 is 1.89 bits per heavy atom. The average Bonchev–Trinajstić information content (AvgIpc) is 3.54. The van der Waals surface area contributed by atoms with Gasteiger partial charge in [-0.05, 0) is 58.1 Å². The summed E-state index contributed by atoms with van der Waals surface area (Å²) in [6.45, 7) is 6.16. The number of carbonyl (C=O) groups excluding carboxylic acids is 4. The van der Waals surface area contributed by atoms with Crippen LogP contribution in [0, 0.1) is 0 Å². The highest BCUT2D eigenvalue weighted by molar-refractivity contribution is 6.99. The summed E-state index contributed by atoms with van der Waals surface area (Å²) < 4.78 is 24.5. The summed E-state index contributed by atoms with van der Waals surface area (Å²) in [6.07, 6.45) is -3.29. The molecule has 5 N–H and O–H groups in total. The molecule has 1 saturated heterocycles. The monoisotopic (exact) mass is 877 g/mol. The molecule has 1 saturated carbocycles. The summed E-state index contributed by atoms with van der Waals surface area (Å²) in [5.74, 6) is -1.91. The molecule has 8 atom stereocenters. The van der Waals surface area contributed by atoms with Crippen molar-refractivity contribution in [2.45, 2.75) is 93.9 Å². The Hall–Kier alpha value is -5.52. The van der Waals surface area contributed by atoms with Crippen molar-refractivity contribution in [3.63, 3.8) is 0 Å². The minimum atomic E-state index is -3.25. The van der Waals surface area contributed by atoms with Crippen molar-refractivity contribution in [2.75, 3.05) is 20.3 Å². The highest BCUT2D eigenvalue weighted by atomic mass is 28.4. The number of amides is 4. The van der Waals surface area contributed by atoms with Crippen LogP contribution in [-0.4, -0.2) is 121 Å². The van der Waals surface area contributed by atoms with Crippen LogP contribution in [0.4, 0.5) is 0 Å². The van der Waals surface area contributed by atoms with Crippen molar-refractivity contribution < 1.29 is 53.1 Å². The molecule has 14 nitrogen and oxygen atoms in total. The van der Waals surface area contributed by atoms with Gasteiger partial charge in [-0.15, -0.1) is 0 Å². The molecule has 332 valence electrons. The van der Waals surface area contributed by atoms with Crippen molar-refractivity contribution >= 4 is 42.3 Å². The number of ether oxygens (including phenoxy) is 3. The quantitative estimate of drug-likeness (QED) is 0.0711. The van der Waals surface area contributed by atoms with Crippen LogP contribution in [0.1, 0.15) is 59.9 Å². The third kappa shape index (κ3) is 9.55. The van der Waals surface area contributed by atoms with Gasteiger partial charge in [0, 0.05) is 12.2 Å². The summed E-state index contributed by atoms with van der Waals surface area (Å²) in [5, 5.41) is 41.4. The molecule has 4 aromatic carbocycles. The average molecular weight is 878 g/mol. The Balaban J connectivity index is 1.08. The number of nitrogens with one attached hydrogen (secondary N) is 2. The Kier molecular flexibility index (Phi) is 14.1. The van der Waals surface area contributed by atoms with Crippen molar-refractivity contribution in [3.8, 4) is 5.75 Å². The minimum absolute atomic E-state index is 0.0738.